The fourth-order valence-corrected chi connectivity index (χ4v) is 1.46. The second-order valence-electron chi connectivity index (χ2n) is 2.14. The third-order valence-electron chi connectivity index (χ3n) is 1.30. The Hall–Kier alpha value is -0.270. The van der Waals surface area contributed by atoms with Gasteiger partial charge in [-0.3, -0.25) is 4.79 Å². The molecule has 0 saturated carbocycles. The highest BCUT2D eigenvalue weighted by molar-refractivity contribution is 6.37. The SMILES string of the molecule is CC(=O)C1=C(Cl)CC(Cl)=C1. The van der Waals surface area contributed by atoms with Gasteiger partial charge in [-0.1, -0.05) is 23.2 Å². The Morgan fingerprint density at radius 2 is 2.20 bits per heavy atom. The van der Waals surface area contributed by atoms with Gasteiger partial charge in [0.1, 0.15) is 0 Å². The highest BCUT2D eigenvalue weighted by Crippen LogP contribution is 2.30. The fourth-order valence-electron chi connectivity index (χ4n) is 0.822. The number of allylic oxidation sites excluding steroid dienone is 4. The Bertz CT molecular complexity index is 238. The number of carbonyl (C=O) groups excluding carboxylic acids is 1. The molecular weight excluding hydrogens is 171 g/mol. The maximum atomic E-state index is 10.8. The zero-order chi connectivity index (χ0) is 7.72. The molecule has 0 heterocycles. The largest absolute Gasteiger partial charge is 0.294 e. The van der Waals surface area contributed by atoms with Crippen LogP contribution in [0.1, 0.15) is 13.3 Å². The van der Waals surface area contributed by atoms with Gasteiger partial charge in [-0.15, -0.1) is 0 Å². The van der Waals surface area contributed by atoms with Gasteiger partial charge in [-0.2, -0.15) is 0 Å². The zero-order valence-corrected chi connectivity index (χ0v) is 6.96. The van der Waals surface area contributed by atoms with Crippen LogP contribution in [0.2, 0.25) is 0 Å². The summed E-state index contributed by atoms with van der Waals surface area (Å²) in [6, 6.07) is 0. The van der Waals surface area contributed by atoms with Gasteiger partial charge in [-0.25, -0.2) is 0 Å². The number of halogens is 2. The van der Waals surface area contributed by atoms with Crippen molar-refractivity contribution in [2.45, 2.75) is 13.3 Å². The van der Waals surface area contributed by atoms with Crippen LogP contribution in [0.5, 0.6) is 0 Å². The lowest BCUT2D eigenvalue weighted by Crippen LogP contribution is -1.91. The number of rotatable bonds is 1. The van der Waals surface area contributed by atoms with Crippen molar-refractivity contribution in [2.75, 3.05) is 0 Å². The molecule has 1 nitrogen and oxygen atoms in total. The maximum absolute atomic E-state index is 10.8. The normalized spacial score (nSPS) is 17.7. The van der Waals surface area contributed by atoms with E-state index in [9.17, 15) is 4.79 Å². The average molecular weight is 177 g/mol. The van der Waals surface area contributed by atoms with E-state index in [2.05, 4.69) is 0 Å². The summed E-state index contributed by atoms with van der Waals surface area (Å²) in [6.45, 7) is 1.48. The molecule has 0 N–H and O–H groups in total. The number of hydrogen-bond donors (Lipinski definition) is 0. The number of ketones is 1. The van der Waals surface area contributed by atoms with E-state index in [1.54, 1.807) is 6.08 Å². The Balaban J connectivity index is 2.93. The van der Waals surface area contributed by atoms with Gasteiger partial charge < -0.3 is 0 Å². The molecule has 0 bridgehead atoms. The molecule has 0 amide bonds. The molecule has 0 spiro atoms. The van der Waals surface area contributed by atoms with Crippen LogP contribution in [0.3, 0.4) is 0 Å². The summed E-state index contributed by atoms with van der Waals surface area (Å²) in [7, 11) is 0. The summed E-state index contributed by atoms with van der Waals surface area (Å²) >= 11 is 11.3. The lowest BCUT2D eigenvalue weighted by Gasteiger charge is -1.90. The molecule has 0 aliphatic heterocycles. The van der Waals surface area contributed by atoms with Gasteiger partial charge in [-0.05, 0) is 13.0 Å². The lowest BCUT2D eigenvalue weighted by atomic mass is 10.2. The van der Waals surface area contributed by atoms with Crippen LogP contribution >= 0.6 is 23.2 Å². The Morgan fingerprint density at radius 3 is 2.40 bits per heavy atom. The number of carbonyl (C=O) groups is 1. The van der Waals surface area contributed by atoms with Crippen LogP contribution in [0, 0.1) is 0 Å². The molecule has 3 heteroatoms. The van der Waals surface area contributed by atoms with Crippen molar-refractivity contribution >= 4 is 29.0 Å². The summed E-state index contributed by atoms with van der Waals surface area (Å²) in [4.78, 5) is 10.8. The highest BCUT2D eigenvalue weighted by Gasteiger charge is 2.15. The Labute approximate surface area is 69.3 Å². The molecule has 0 aromatic rings. The maximum Gasteiger partial charge on any atom is 0.161 e. The third-order valence-corrected chi connectivity index (χ3v) is 1.88. The monoisotopic (exact) mass is 176 g/mol. The molecular formula is C7H6Cl2O. The highest BCUT2D eigenvalue weighted by atomic mass is 35.5. The molecule has 1 rings (SSSR count). The van der Waals surface area contributed by atoms with Crippen LogP contribution in [0.15, 0.2) is 21.7 Å². The second-order valence-corrected chi connectivity index (χ2v) is 3.08. The molecule has 0 aromatic heterocycles. The molecule has 0 unspecified atom stereocenters. The smallest absolute Gasteiger partial charge is 0.161 e. The molecule has 1 aliphatic rings. The Kier molecular flexibility index (Phi) is 2.17. The van der Waals surface area contributed by atoms with Crippen LogP contribution in [-0.2, 0) is 4.79 Å². The van der Waals surface area contributed by atoms with Crippen molar-refractivity contribution in [3.63, 3.8) is 0 Å². The first-order chi connectivity index (χ1) is 4.61. The van der Waals surface area contributed by atoms with Gasteiger partial charge >= 0.3 is 0 Å². The summed E-state index contributed by atoms with van der Waals surface area (Å²) in [6.07, 6.45) is 2.13. The van der Waals surface area contributed by atoms with Crippen molar-refractivity contribution in [3.05, 3.63) is 21.7 Å². The van der Waals surface area contributed by atoms with Crippen molar-refractivity contribution < 1.29 is 4.79 Å². The van der Waals surface area contributed by atoms with Crippen LogP contribution in [0.4, 0.5) is 0 Å². The van der Waals surface area contributed by atoms with E-state index < -0.39 is 0 Å². The fraction of sp³-hybridized carbons (Fsp3) is 0.286. The first-order valence-corrected chi connectivity index (χ1v) is 3.62. The van der Waals surface area contributed by atoms with Crippen LogP contribution in [0.25, 0.3) is 0 Å². The first kappa shape index (κ1) is 7.83. The second kappa shape index (κ2) is 2.77. The van der Waals surface area contributed by atoms with Gasteiger partial charge in [0.15, 0.2) is 5.78 Å². The predicted octanol–water partition coefficient (Wildman–Crippen LogP) is 2.59. The minimum Gasteiger partial charge on any atom is -0.294 e. The molecule has 0 fully saturated rings. The quantitative estimate of drug-likeness (QED) is 0.601. The minimum absolute atomic E-state index is 0.0272. The molecule has 0 radical (unpaired) electrons. The van der Waals surface area contributed by atoms with E-state index in [0.29, 0.717) is 22.1 Å². The van der Waals surface area contributed by atoms with Gasteiger partial charge in [0.25, 0.3) is 0 Å². The van der Waals surface area contributed by atoms with E-state index in [1.165, 1.54) is 6.92 Å². The zero-order valence-electron chi connectivity index (χ0n) is 5.45. The van der Waals surface area contributed by atoms with Crippen molar-refractivity contribution in [1.82, 2.24) is 0 Å². The molecule has 0 saturated heterocycles. The molecule has 10 heavy (non-hydrogen) atoms. The average Bonchev–Trinajstić information content (AvgIpc) is 2.10. The Morgan fingerprint density at radius 1 is 1.60 bits per heavy atom. The minimum atomic E-state index is -0.0272. The van der Waals surface area contributed by atoms with E-state index in [4.69, 9.17) is 23.2 Å². The van der Waals surface area contributed by atoms with Gasteiger partial charge in [0.2, 0.25) is 0 Å². The van der Waals surface area contributed by atoms with Crippen molar-refractivity contribution in [2.24, 2.45) is 0 Å². The summed E-state index contributed by atoms with van der Waals surface area (Å²) in [5.74, 6) is -0.0272. The topological polar surface area (TPSA) is 17.1 Å². The van der Waals surface area contributed by atoms with Crippen LogP contribution < -0.4 is 0 Å². The molecule has 54 valence electrons. The summed E-state index contributed by atoms with van der Waals surface area (Å²) in [5, 5.41) is 1.19. The van der Waals surface area contributed by atoms with E-state index in [1.807, 2.05) is 0 Å². The summed E-state index contributed by atoms with van der Waals surface area (Å²) < 4.78 is 0. The number of Topliss-reactive ketones (excluding diaryl/α,β-unsaturated/α-hetero) is 1. The van der Waals surface area contributed by atoms with E-state index >= 15 is 0 Å². The van der Waals surface area contributed by atoms with Crippen molar-refractivity contribution in [3.8, 4) is 0 Å². The third kappa shape index (κ3) is 1.41. The molecule has 1 aliphatic carbocycles. The van der Waals surface area contributed by atoms with Gasteiger partial charge in [0.05, 0.1) is 0 Å². The first-order valence-electron chi connectivity index (χ1n) is 2.87. The standard InChI is InChI=1S/C7H6Cl2O/c1-4(10)6-2-5(8)3-7(6)9/h2H,3H2,1H3. The van der Waals surface area contributed by atoms with E-state index in [-0.39, 0.29) is 5.78 Å². The molecule has 0 atom stereocenters. The predicted molar refractivity (Wildman–Crippen MR) is 42.1 cm³/mol. The lowest BCUT2D eigenvalue weighted by molar-refractivity contribution is -0.113. The van der Waals surface area contributed by atoms with E-state index in [0.717, 1.165) is 0 Å². The van der Waals surface area contributed by atoms with Crippen LogP contribution in [-0.4, -0.2) is 5.78 Å². The summed E-state index contributed by atoms with van der Waals surface area (Å²) in [5.41, 5.74) is 0.548. The van der Waals surface area contributed by atoms with Crippen molar-refractivity contribution in [1.29, 1.82) is 0 Å². The molecule has 0 aromatic carbocycles. The van der Waals surface area contributed by atoms with Gasteiger partial charge in [0, 0.05) is 22.1 Å². The number of hydrogen-bond acceptors (Lipinski definition) is 1.